The van der Waals surface area contributed by atoms with Gasteiger partial charge >= 0.3 is 5.97 Å². The third-order valence-electron chi connectivity index (χ3n) is 3.61. The monoisotopic (exact) mass is 388 g/mol. The fourth-order valence-corrected chi connectivity index (χ4v) is 3.22. The van der Waals surface area contributed by atoms with Gasteiger partial charge in [-0.05, 0) is 46.9 Å². The van der Waals surface area contributed by atoms with E-state index in [0.717, 1.165) is 25.4 Å². The maximum atomic E-state index is 11.6. The largest absolute Gasteiger partial charge is 0.476 e. The summed E-state index contributed by atoms with van der Waals surface area (Å²) in [4.78, 5) is 19.3. The van der Waals surface area contributed by atoms with Gasteiger partial charge in [-0.2, -0.15) is 0 Å². The van der Waals surface area contributed by atoms with E-state index in [2.05, 4.69) is 32.6 Å². The highest BCUT2D eigenvalue weighted by Crippen LogP contribution is 2.33. The smallest absolute Gasteiger partial charge is 0.355 e. The lowest BCUT2D eigenvalue weighted by Crippen LogP contribution is -2.01. The highest BCUT2D eigenvalue weighted by molar-refractivity contribution is 14.1. The number of aromatic nitrogens is 2. The Kier molecular flexibility index (Phi) is 2.65. The average molecular weight is 388 g/mol. The topological polar surface area (TPSA) is 66.0 Å². The summed E-state index contributed by atoms with van der Waals surface area (Å²) in [5.74, 6) is -1.01. The standard InChI is InChI=1S/C16H9IN2O2/c17-8-5-6-12-10(7-8)14-13(15(19-12)16(20)21)9-3-1-2-4-11(9)18-14/h1-7,18H,(H,20,21). The van der Waals surface area contributed by atoms with E-state index in [1.807, 2.05) is 42.5 Å². The van der Waals surface area contributed by atoms with Crippen LogP contribution in [0, 0.1) is 3.57 Å². The predicted molar refractivity (Wildman–Crippen MR) is 90.8 cm³/mol. The minimum atomic E-state index is -1.01. The molecule has 2 aromatic heterocycles. The normalized spacial score (nSPS) is 11.5. The summed E-state index contributed by atoms with van der Waals surface area (Å²) >= 11 is 2.24. The second-order valence-corrected chi connectivity index (χ2v) is 6.09. The van der Waals surface area contributed by atoms with Crippen molar-refractivity contribution >= 4 is 61.3 Å². The molecule has 0 unspecified atom stereocenters. The number of hydrogen-bond acceptors (Lipinski definition) is 2. The molecule has 0 amide bonds. The maximum absolute atomic E-state index is 11.6. The molecule has 5 heteroatoms. The first kappa shape index (κ1) is 12.6. The third-order valence-corrected chi connectivity index (χ3v) is 4.28. The van der Waals surface area contributed by atoms with Crippen molar-refractivity contribution in [1.82, 2.24) is 9.97 Å². The second kappa shape index (κ2) is 4.42. The van der Waals surface area contributed by atoms with Crippen LogP contribution < -0.4 is 0 Å². The minimum absolute atomic E-state index is 0.0937. The van der Waals surface area contributed by atoms with Gasteiger partial charge in [-0.3, -0.25) is 0 Å². The number of aromatic amines is 1. The number of carbonyl (C=O) groups is 1. The number of carboxylic acid groups (broad SMARTS) is 1. The van der Waals surface area contributed by atoms with E-state index in [-0.39, 0.29) is 5.69 Å². The molecule has 2 heterocycles. The summed E-state index contributed by atoms with van der Waals surface area (Å²) in [7, 11) is 0. The van der Waals surface area contributed by atoms with Crippen LogP contribution >= 0.6 is 22.6 Å². The number of carboxylic acids is 1. The van der Waals surface area contributed by atoms with E-state index in [0.29, 0.717) is 10.9 Å². The molecular formula is C16H9IN2O2. The van der Waals surface area contributed by atoms with Gasteiger partial charge in [0.15, 0.2) is 5.69 Å². The van der Waals surface area contributed by atoms with E-state index in [1.54, 1.807) is 0 Å². The molecule has 4 nitrogen and oxygen atoms in total. The van der Waals surface area contributed by atoms with Crippen molar-refractivity contribution in [1.29, 1.82) is 0 Å². The van der Waals surface area contributed by atoms with Crippen LogP contribution in [0.15, 0.2) is 42.5 Å². The molecule has 4 aromatic rings. The molecule has 2 aromatic carbocycles. The van der Waals surface area contributed by atoms with Gasteiger partial charge < -0.3 is 10.1 Å². The van der Waals surface area contributed by atoms with Gasteiger partial charge in [0.1, 0.15) is 0 Å². The van der Waals surface area contributed by atoms with E-state index in [1.165, 1.54) is 0 Å². The van der Waals surface area contributed by atoms with E-state index in [9.17, 15) is 9.90 Å². The summed E-state index contributed by atoms with van der Waals surface area (Å²) < 4.78 is 1.09. The molecule has 0 saturated heterocycles. The summed E-state index contributed by atoms with van der Waals surface area (Å²) in [5, 5.41) is 12.0. The van der Waals surface area contributed by atoms with Crippen molar-refractivity contribution in [3.8, 4) is 0 Å². The molecule has 0 bridgehead atoms. The van der Waals surface area contributed by atoms with Crippen LogP contribution in [0.25, 0.3) is 32.7 Å². The lowest BCUT2D eigenvalue weighted by atomic mass is 10.1. The molecule has 0 aliphatic carbocycles. The molecule has 4 rings (SSSR count). The van der Waals surface area contributed by atoms with Gasteiger partial charge in [0, 0.05) is 25.2 Å². The highest BCUT2D eigenvalue weighted by Gasteiger charge is 2.18. The Hall–Kier alpha value is -2.15. The molecule has 0 aliphatic rings. The lowest BCUT2D eigenvalue weighted by molar-refractivity contribution is 0.0693. The molecule has 21 heavy (non-hydrogen) atoms. The zero-order valence-electron chi connectivity index (χ0n) is 10.7. The van der Waals surface area contributed by atoms with Crippen LogP contribution in [0.1, 0.15) is 10.5 Å². The number of pyridine rings is 1. The first-order valence-corrected chi connectivity index (χ1v) is 7.46. The van der Waals surface area contributed by atoms with Crippen molar-refractivity contribution in [3.05, 3.63) is 51.7 Å². The molecule has 0 spiro atoms. The second-order valence-electron chi connectivity index (χ2n) is 4.85. The zero-order valence-corrected chi connectivity index (χ0v) is 12.9. The Balaban J connectivity index is 2.34. The van der Waals surface area contributed by atoms with Crippen LogP contribution in [0.4, 0.5) is 0 Å². The van der Waals surface area contributed by atoms with Crippen molar-refractivity contribution in [2.24, 2.45) is 0 Å². The van der Waals surface area contributed by atoms with Crippen LogP contribution in [0.3, 0.4) is 0 Å². The minimum Gasteiger partial charge on any atom is -0.476 e. The van der Waals surface area contributed by atoms with Crippen LogP contribution in [0.2, 0.25) is 0 Å². The van der Waals surface area contributed by atoms with E-state index >= 15 is 0 Å². The Morgan fingerprint density at radius 2 is 1.95 bits per heavy atom. The Bertz CT molecular complexity index is 1040. The molecule has 0 saturated carbocycles. The Labute approximate surface area is 132 Å². The summed E-state index contributed by atoms with van der Waals surface area (Å²) in [5.41, 5.74) is 2.53. The van der Waals surface area contributed by atoms with Gasteiger partial charge in [-0.15, -0.1) is 0 Å². The fraction of sp³-hybridized carbons (Fsp3) is 0. The predicted octanol–water partition coefficient (Wildman–Crippen LogP) is 4.17. The highest BCUT2D eigenvalue weighted by atomic mass is 127. The van der Waals surface area contributed by atoms with Crippen LogP contribution in [-0.4, -0.2) is 21.0 Å². The number of rotatable bonds is 1. The van der Waals surface area contributed by atoms with Crippen LogP contribution in [-0.2, 0) is 0 Å². The zero-order chi connectivity index (χ0) is 14.6. The summed E-state index contributed by atoms with van der Waals surface area (Å²) in [6.07, 6.45) is 0. The lowest BCUT2D eigenvalue weighted by Gasteiger charge is -2.04. The van der Waals surface area contributed by atoms with Gasteiger partial charge in [0.05, 0.1) is 11.0 Å². The Morgan fingerprint density at radius 3 is 2.76 bits per heavy atom. The third kappa shape index (κ3) is 1.80. The molecule has 0 fully saturated rings. The summed E-state index contributed by atoms with van der Waals surface area (Å²) in [6.45, 7) is 0. The Morgan fingerprint density at radius 1 is 1.14 bits per heavy atom. The van der Waals surface area contributed by atoms with E-state index in [4.69, 9.17) is 0 Å². The molecule has 102 valence electrons. The number of nitrogens with zero attached hydrogens (tertiary/aromatic N) is 1. The number of hydrogen-bond donors (Lipinski definition) is 2. The van der Waals surface area contributed by atoms with Crippen molar-refractivity contribution in [2.75, 3.05) is 0 Å². The first-order chi connectivity index (χ1) is 10.1. The molecular weight excluding hydrogens is 379 g/mol. The number of nitrogens with one attached hydrogen (secondary N) is 1. The average Bonchev–Trinajstić information content (AvgIpc) is 2.86. The van der Waals surface area contributed by atoms with Gasteiger partial charge in [0.25, 0.3) is 0 Å². The van der Waals surface area contributed by atoms with Gasteiger partial charge in [-0.1, -0.05) is 18.2 Å². The van der Waals surface area contributed by atoms with E-state index < -0.39 is 5.97 Å². The van der Waals surface area contributed by atoms with Crippen molar-refractivity contribution in [2.45, 2.75) is 0 Å². The number of benzene rings is 2. The van der Waals surface area contributed by atoms with Crippen molar-refractivity contribution < 1.29 is 9.90 Å². The number of para-hydroxylation sites is 1. The van der Waals surface area contributed by atoms with Crippen molar-refractivity contribution in [3.63, 3.8) is 0 Å². The first-order valence-electron chi connectivity index (χ1n) is 6.38. The number of halogens is 1. The fourth-order valence-electron chi connectivity index (χ4n) is 2.73. The number of aromatic carboxylic acids is 1. The quantitative estimate of drug-likeness (QED) is 0.481. The SMILES string of the molecule is O=C(O)c1nc2ccc(I)cc2c2[nH]c3ccccc3c12. The molecule has 2 N–H and O–H groups in total. The molecule has 0 aliphatic heterocycles. The van der Waals surface area contributed by atoms with Gasteiger partial charge in [-0.25, -0.2) is 9.78 Å². The maximum Gasteiger partial charge on any atom is 0.355 e. The number of fused-ring (bicyclic) bond motifs is 5. The molecule has 0 atom stereocenters. The number of H-pyrrole nitrogens is 1. The summed E-state index contributed by atoms with van der Waals surface area (Å²) in [6, 6.07) is 13.5. The van der Waals surface area contributed by atoms with Gasteiger partial charge in [0.2, 0.25) is 0 Å². The molecule has 0 radical (unpaired) electrons. The van der Waals surface area contributed by atoms with Crippen LogP contribution in [0.5, 0.6) is 0 Å².